The molecule has 1 atom stereocenters. The number of hydrogen-bond donors (Lipinski definition) is 1. The number of rotatable bonds is 13. The summed E-state index contributed by atoms with van der Waals surface area (Å²) in [5.74, 6) is -0.691. The molecule has 198 valence electrons. The van der Waals surface area contributed by atoms with Crippen LogP contribution in [0.3, 0.4) is 0 Å². The van der Waals surface area contributed by atoms with Gasteiger partial charge in [-0.3, -0.25) is 13.9 Å². The Labute approximate surface area is 220 Å². The van der Waals surface area contributed by atoms with Gasteiger partial charge in [-0.05, 0) is 42.0 Å². The van der Waals surface area contributed by atoms with Gasteiger partial charge in [-0.25, -0.2) is 8.42 Å². The molecule has 2 rings (SSSR count). The summed E-state index contributed by atoms with van der Waals surface area (Å²) in [5, 5.41) is 3.39. The maximum atomic E-state index is 13.8. The lowest BCUT2D eigenvalue weighted by Crippen LogP contribution is -2.52. The highest BCUT2D eigenvalue weighted by atomic mass is 35.5. The quantitative estimate of drug-likeness (QED) is 0.367. The number of carbonyl (C=O) groups is 2. The summed E-state index contributed by atoms with van der Waals surface area (Å²) >= 11 is 6.39. The average Bonchev–Trinajstić information content (AvgIpc) is 2.82. The predicted molar refractivity (Wildman–Crippen MR) is 147 cm³/mol. The van der Waals surface area contributed by atoms with Gasteiger partial charge in [0.05, 0.1) is 11.9 Å². The molecule has 2 aromatic carbocycles. The zero-order valence-electron chi connectivity index (χ0n) is 21.8. The van der Waals surface area contributed by atoms with E-state index in [2.05, 4.69) is 5.32 Å². The van der Waals surface area contributed by atoms with Crippen LogP contribution >= 0.6 is 11.6 Å². The number of hydrogen-bond acceptors (Lipinski definition) is 4. The molecule has 0 spiro atoms. The van der Waals surface area contributed by atoms with E-state index in [1.165, 1.54) is 4.90 Å². The Balaban J connectivity index is 2.48. The van der Waals surface area contributed by atoms with E-state index in [1.807, 2.05) is 45.9 Å². The Bertz CT molecular complexity index is 1140. The second-order valence-corrected chi connectivity index (χ2v) is 11.5. The van der Waals surface area contributed by atoms with Gasteiger partial charge in [0.25, 0.3) is 0 Å². The Kier molecular flexibility index (Phi) is 11.2. The Morgan fingerprint density at radius 2 is 1.67 bits per heavy atom. The molecule has 0 saturated heterocycles. The number of nitrogens with zero attached hydrogens (tertiary/aromatic N) is 2. The molecule has 0 heterocycles. The summed E-state index contributed by atoms with van der Waals surface area (Å²) in [5.41, 5.74) is 1.96. The normalized spacial score (nSPS) is 12.3. The third-order valence-electron chi connectivity index (χ3n) is 6.02. The van der Waals surface area contributed by atoms with E-state index < -0.39 is 28.5 Å². The third kappa shape index (κ3) is 7.96. The van der Waals surface area contributed by atoms with E-state index >= 15 is 0 Å². The van der Waals surface area contributed by atoms with Gasteiger partial charge in [0.2, 0.25) is 21.8 Å². The van der Waals surface area contributed by atoms with Crippen LogP contribution in [0.25, 0.3) is 0 Å². The fourth-order valence-corrected chi connectivity index (χ4v) is 5.10. The molecule has 1 unspecified atom stereocenters. The number of para-hydroxylation sites is 1. The fraction of sp³-hybridized carbons (Fsp3) is 0.481. The minimum atomic E-state index is -3.79. The molecule has 0 bridgehead atoms. The van der Waals surface area contributed by atoms with Gasteiger partial charge in [-0.15, -0.1) is 0 Å². The van der Waals surface area contributed by atoms with Crippen LogP contribution in [0.5, 0.6) is 0 Å². The van der Waals surface area contributed by atoms with E-state index in [-0.39, 0.29) is 18.4 Å². The molecule has 0 aromatic heterocycles. The smallest absolute Gasteiger partial charge is 0.244 e. The van der Waals surface area contributed by atoms with Crippen LogP contribution in [-0.2, 0) is 26.2 Å². The zero-order chi connectivity index (χ0) is 26.9. The summed E-state index contributed by atoms with van der Waals surface area (Å²) < 4.78 is 26.9. The van der Waals surface area contributed by atoms with E-state index in [9.17, 15) is 18.0 Å². The fourth-order valence-electron chi connectivity index (χ4n) is 4.03. The lowest BCUT2D eigenvalue weighted by atomic mass is 10.0. The lowest BCUT2D eigenvalue weighted by molar-refractivity contribution is -0.140. The number of halogens is 1. The van der Waals surface area contributed by atoms with Crippen molar-refractivity contribution in [2.24, 2.45) is 0 Å². The van der Waals surface area contributed by atoms with Gasteiger partial charge in [-0.2, -0.15) is 0 Å². The van der Waals surface area contributed by atoms with Crippen LogP contribution in [0.2, 0.25) is 5.02 Å². The van der Waals surface area contributed by atoms with Crippen molar-refractivity contribution in [2.45, 2.75) is 65.5 Å². The maximum absolute atomic E-state index is 13.8. The molecule has 0 saturated carbocycles. The van der Waals surface area contributed by atoms with E-state index in [4.69, 9.17) is 11.6 Å². The third-order valence-corrected chi connectivity index (χ3v) is 7.52. The van der Waals surface area contributed by atoms with Crippen LogP contribution in [-0.4, -0.2) is 50.5 Å². The van der Waals surface area contributed by atoms with Crippen molar-refractivity contribution in [3.05, 3.63) is 64.7 Å². The van der Waals surface area contributed by atoms with E-state index in [1.54, 1.807) is 30.3 Å². The molecule has 7 nitrogen and oxygen atoms in total. The molecule has 2 aromatic rings. The Morgan fingerprint density at radius 1 is 1.03 bits per heavy atom. The van der Waals surface area contributed by atoms with Crippen LogP contribution < -0.4 is 9.62 Å². The minimum absolute atomic E-state index is 0.0486. The largest absolute Gasteiger partial charge is 0.354 e. The standard InChI is InChI=1S/C27H38ClN3O4S/c1-6-8-17-29-27(33)24(7-2)30(18-21-13-9-11-15-23(21)28)26(32)19-31(36(5,34)35)25-16-12-10-14-22(25)20(3)4/h9-16,20,24H,6-8,17-19H2,1-5H3,(H,29,33). The number of carbonyl (C=O) groups excluding carboxylic acids is 2. The summed E-state index contributed by atoms with van der Waals surface area (Å²) in [4.78, 5) is 28.3. The summed E-state index contributed by atoms with van der Waals surface area (Å²) in [6, 6.07) is 13.5. The number of nitrogens with one attached hydrogen (secondary N) is 1. The van der Waals surface area contributed by atoms with Crippen molar-refractivity contribution < 1.29 is 18.0 Å². The highest BCUT2D eigenvalue weighted by Crippen LogP contribution is 2.29. The molecule has 0 radical (unpaired) electrons. The second-order valence-electron chi connectivity index (χ2n) is 9.16. The first-order valence-electron chi connectivity index (χ1n) is 12.4. The molecule has 9 heteroatoms. The number of benzene rings is 2. The topological polar surface area (TPSA) is 86.8 Å². The molecule has 0 aliphatic carbocycles. The van der Waals surface area contributed by atoms with Crippen LogP contribution in [0.4, 0.5) is 5.69 Å². The highest BCUT2D eigenvalue weighted by molar-refractivity contribution is 7.92. The van der Waals surface area contributed by atoms with E-state index in [0.717, 1.165) is 29.0 Å². The van der Waals surface area contributed by atoms with Crippen molar-refractivity contribution in [2.75, 3.05) is 23.7 Å². The molecule has 36 heavy (non-hydrogen) atoms. The highest BCUT2D eigenvalue weighted by Gasteiger charge is 2.32. The monoisotopic (exact) mass is 535 g/mol. The molecule has 0 aliphatic rings. The number of amides is 2. The Hall–Kier alpha value is -2.58. The molecular formula is C27H38ClN3O4S. The maximum Gasteiger partial charge on any atom is 0.244 e. The lowest BCUT2D eigenvalue weighted by Gasteiger charge is -2.33. The number of unbranched alkanes of at least 4 members (excludes halogenated alkanes) is 1. The van der Waals surface area contributed by atoms with Gasteiger partial charge >= 0.3 is 0 Å². The number of sulfonamides is 1. The first-order valence-corrected chi connectivity index (χ1v) is 14.6. The Morgan fingerprint density at radius 3 is 2.25 bits per heavy atom. The van der Waals surface area contributed by atoms with E-state index in [0.29, 0.717) is 29.2 Å². The molecule has 1 N–H and O–H groups in total. The first kappa shape index (κ1) is 29.6. The molecule has 2 amide bonds. The van der Waals surface area contributed by atoms with Gasteiger partial charge in [-0.1, -0.05) is 82.1 Å². The van der Waals surface area contributed by atoms with Gasteiger partial charge in [0.1, 0.15) is 12.6 Å². The van der Waals surface area contributed by atoms with Crippen LogP contribution in [0, 0.1) is 0 Å². The molecule has 0 aliphatic heterocycles. The predicted octanol–water partition coefficient (Wildman–Crippen LogP) is 4.95. The van der Waals surface area contributed by atoms with Gasteiger partial charge < -0.3 is 10.2 Å². The van der Waals surface area contributed by atoms with Gasteiger partial charge in [0, 0.05) is 18.1 Å². The van der Waals surface area contributed by atoms with Crippen molar-refractivity contribution in [3.8, 4) is 0 Å². The summed E-state index contributed by atoms with van der Waals surface area (Å²) in [6.45, 7) is 7.98. The average molecular weight is 536 g/mol. The van der Waals surface area contributed by atoms with Gasteiger partial charge in [0.15, 0.2) is 0 Å². The van der Waals surface area contributed by atoms with Crippen LogP contribution in [0.1, 0.15) is 64.0 Å². The minimum Gasteiger partial charge on any atom is -0.354 e. The first-order chi connectivity index (χ1) is 17.0. The second kappa shape index (κ2) is 13.7. The zero-order valence-corrected chi connectivity index (χ0v) is 23.4. The number of anilines is 1. The summed E-state index contributed by atoms with van der Waals surface area (Å²) in [7, 11) is -3.79. The van der Waals surface area contributed by atoms with Crippen molar-refractivity contribution in [1.29, 1.82) is 0 Å². The summed E-state index contributed by atoms with van der Waals surface area (Å²) in [6.07, 6.45) is 3.21. The molecular weight excluding hydrogens is 498 g/mol. The van der Waals surface area contributed by atoms with Crippen molar-refractivity contribution in [1.82, 2.24) is 10.2 Å². The molecule has 0 fully saturated rings. The van der Waals surface area contributed by atoms with Crippen molar-refractivity contribution >= 4 is 39.1 Å². The van der Waals surface area contributed by atoms with Crippen LogP contribution in [0.15, 0.2) is 48.5 Å². The SMILES string of the molecule is CCCCNC(=O)C(CC)N(Cc1ccccc1Cl)C(=O)CN(c1ccccc1C(C)C)S(C)(=O)=O. The van der Waals surface area contributed by atoms with Crippen molar-refractivity contribution in [3.63, 3.8) is 0 Å².